The first-order chi connectivity index (χ1) is 11.8. The minimum atomic E-state index is 0.243. The maximum atomic E-state index is 6.15. The summed E-state index contributed by atoms with van der Waals surface area (Å²) in [6.45, 7) is 0.243. The molecule has 1 aromatic heterocycles. The molecular weight excluding hydrogens is 328 g/mol. The van der Waals surface area contributed by atoms with Gasteiger partial charge in [-0.15, -0.1) is 0 Å². The molecule has 0 fully saturated rings. The van der Waals surface area contributed by atoms with Gasteiger partial charge in [-0.1, -0.05) is 23.7 Å². The molecule has 120 valence electrons. The summed E-state index contributed by atoms with van der Waals surface area (Å²) in [6, 6.07) is 14.8. The van der Waals surface area contributed by atoms with Crippen LogP contribution in [0.4, 0.5) is 23.1 Å². The second-order valence-electron chi connectivity index (χ2n) is 5.06. The van der Waals surface area contributed by atoms with Gasteiger partial charge >= 0.3 is 0 Å². The zero-order valence-electron chi connectivity index (χ0n) is 12.5. The van der Waals surface area contributed by atoms with E-state index in [1.54, 1.807) is 12.3 Å². The van der Waals surface area contributed by atoms with Gasteiger partial charge in [0.25, 0.3) is 0 Å². The SMILES string of the molecule is Clc1ccccc1Nc1ccnc(Nc2ccc3c(c2)OCO3)n1. The van der Waals surface area contributed by atoms with Crippen molar-refractivity contribution < 1.29 is 9.47 Å². The van der Waals surface area contributed by atoms with E-state index in [-0.39, 0.29) is 6.79 Å². The molecule has 0 saturated carbocycles. The fourth-order valence-corrected chi connectivity index (χ4v) is 2.48. The summed E-state index contributed by atoms with van der Waals surface area (Å²) in [5, 5.41) is 6.94. The number of nitrogens with zero attached hydrogens (tertiary/aromatic N) is 2. The predicted octanol–water partition coefficient (Wildman–Crippen LogP) is 4.35. The second kappa shape index (κ2) is 6.25. The summed E-state index contributed by atoms with van der Waals surface area (Å²) < 4.78 is 10.7. The quantitative estimate of drug-likeness (QED) is 0.736. The molecule has 24 heavy (non-hydrogen) atoms. The molecule has 0 spiro atoms. The van der Waals surface area contributed by atoms with Gasteiger partial charge in [0.15, 0.2) is 11.5 Å². The lowest BCUT2D eigenvalue weighted by molar-refractivity contribution is 0.174. The highest BCUT2D eigenvalue weighted by Crippen LogP contribution is 2.34. The molecule has 2 heterocycles. The third kappa shape index (κ3) is 3.04. The van der Waals surface area contributed by atoms with Gasteiger partial charge in [-0.25, -0.2) is 4.98 Å². The van der Waals surface area contributed by atoms with Crippen LogP contribution >= 0.6 is 11.6 Å². The van der Waals surface area contributed by atoms with E-state index in [1.165, 1.54) is 0 Å². The zero-order chi connectivity index (χ0) is 16.4. The molecule has 0 aliphatic carbocycles. The van der Waals surface area contributed by atoms with Crippen molar-refractivity contribution in [2.75, 3.05) is 17.4 Å². The number of benzene rings is 2. The summed E-state index contributed by atoms with van der Waals surface area (Å²) in [4.78, 5) is 8.66. The number of rotatable bonds is 4. The van der Waals surface area contributed by atoms with E-state index in [4.69, 9.17) is 21.1 Å². The normalized spacial score (nSPS) is 12.0. The number of fused-ring (bicyclic) bond motifs is 1. The van der Waals surface area contributed by atoms with Crippen LogP contribution in [0.3, 0.4) is 0 Å². The lowest BCUT2D eigenvalue weighted by atomic mass is 10.3. The zero-order valence-corrected chi connectivity index (χ0v) is 13.2. The van der Waals surface area contributed by atoms with E-state index in [1.807, 2.05) is 42.5 Å². The summed E-state index contributed by atoms with van der Waals surface area (Å²) >= 11 is 6.15. The highest BCUT2D eigenvalue weighted by molar-refractivity contribution is 6.33. The molecule has 2 N–H and O–H groups in total. The van der Waals surface area contributed by atoms with E-state index in [2.05, 4.69) is 20.6 Å². The summed E-state index contributed by atoms with van der Waals surface area (Å²) in [7, 11) is 0. The Labute approximate surface area is 143 Å². The Hall–Kier alpha value is -2.99. The van der Waals surface area contributed by atoms with E-state index >= 15 is 0 Å². The van der Waals surface area contributed by atoms with Gasteiger partial charge in [0, 0.05) is 18.0 Å². The maximum absolute atomic E-state index is 6.15. The van der Waals surface area contributed by atoms with Crippen molar-refractivity contribution in [3.05, 3.63) is 59.8 Å². The summed E-state index contributed by atoms with van der Waals surface area (Å²) in [6.07, 6.45) is 1.67. The third-order valence-electron chi connectivity index (χ3n) is 3.42. The largest absolute Gasteiger partial charge is 0.454 e. The van der Waals surface area contributed by atoms with Gasteiger partial charge in [0.05, 0.1) is 10.7 Å². The Morgan fingerprint density at radius 1 is 0.958 bits per heavy atom. The molecular formula is C17H13ClN4O2. The fraction of sp³-hybridized carbons (Fsp3) is 0.0588. The average molecular weight is 341 g/mol. The third-order valence-corrected chi connectivity index (χ3v) is 3.75. The lowest BCUT2D eigenvalue weighted by Gasteiger charge is -2.09. The number of aromatic nitrogens is 2. The summed E-state index contributed by atoms with van der Waals surface area (Å²) in [5.41, 5.74) is 1.60. The van der Waals surface area contributed by atoms with Crippen LogP contribution in [0.1, 0.15) is 0 Å². The van der Waals surface area contributed by atoms with E-state index in [9.17, 15) is 0 Å². The predicted molar refractivity (Wildman–Crippen MR) is 92.6 cm³/mol. The number of para-hydroxylation sites is 1. The molecule has 1 aliphatic rings. The van der Waals surface area contributed by atoms with Crippen LogP contribution in [0.25, 0.3) is 0 Å². The molecule has 0 unspecified atom stereocenters. The van der Waals surface area contributed by atoms with E-state index < -0.39 is 0 Å². The van der Waals surface area contributed by atoms with Crippen molar-refractivity contribution in [1.82, 2.24) is 9.97 Å². The number of hydrogen-bond donors (Lipinski definition) is 2. The first kappa shape index (κ1) is 14.6. The molecule has 0 bridgehead atoms. The number of halogens is 1. The van der Waals surface area contributed by atoms with Crippen LogP contribution in [0, 0.1) is 0 Å². The van der Waals surface area contributed by atoms with Crippen molar-refractivity contribution in [1.29, 1.82) is 0 Å². The van der Waals surface area contributed by atoms with E-state index in [0.717, 1.165) is 17.1 Å². The molecule has 4 rings (SSSR count). The first-order valence-corrected chi connectivity index (χ1v) is 7.67. The van der Waals surface area contributed by atoms with Crippen molar-refractivity contribution in [3.8, 4) is 11.5 Å². The van der Waals surface area contributed by atoms with Crippen LogP contribution in [0.2, 0.25) is 5.02 Å². The number of hydrogen-bond acceptors (Lipinski definition) is 6. The Balaban J connectivity index is 1.53. The summed E-state index contributed by atoms with van der Waals surface area (Å²) in [5.74, 6) is 2.54. The molecule has 2 aromatic carbocycles. The van der Waals surface area contributed by atoms with Crippen molar-refractivity contribution in [3.63, 3.8) is 0 Å². The van der Waals surface area contributed by atoms with E-state index in [0.29, 0.717) is 22.5 Å². The van der Waals surface area contributed by atoms with Crippen LogP contribution in [-0.4, -0.2) is 16.8 Å². The number of nitrogens with one attached hydrogen (secondary N) is 2. The van der Waals surface area contributed by atoms with Gasteiger partial charge in [-0.2, -0.15) is 4.98 Å². The Morgan fingerprint density at radius 2 is 1.83 bits per heavy atom. The van der Waals surface area contributed by atoms with Crippen LogP contribution in [-0.2, 0) is 0 Å². The molecule has 6 nitrogen and oxygen atoms in total. The molecule has 7 heteroatoms. The second-order valence-corrected chi connectivity index (χ2v) is 5.47. The highest BCUT2D eigenvalue weighted by atomic mass is 35.5. The minimum absolute atomic E-state index is 0.243. The van der Waals surface area contributed by atoms with Crippen molar-refractivity contribution in [2.45, 2.75) is 0 Å². The molecule has 1 aliphatic heterocycles. The molecule has 3 aromatic rings. The topological polar surface area (TPSA) is 68.3 Å². The lowest BCUT2D eigenvalue weighted by Crippen LogP contribution is -2.00. The minimum Gasteiger partial charge on any atom is -0.454 e. The van der Waals surface area contributed by atoms with Crippen molar-refractivity contribution in [2.24, 2.45) is 0 Å². The van der Waals surface area contributed by atoms with Crippen LogP contribution < -0.4 is 20.1 Å². The van der Waals surface area contributed by atoms with Crippen LogP contribution in [0.5, 0.6) is 11.5 Å². The van der Waals surface area contributed by atoms with Gasteiger partial charge in [0.2, 0.25) is 12.7 Å². The smallest absolute Gasteiger partial charge is 0.231 e. The number of anilines is 4. The Bertz CT molecular complexity index is 888. The van der Waals surface area contributed by atoms with Crippen molar-refractivity contribution >= 4 is 34.7 Å². The highest BCUT2D eigenvalue weighted by Gasteiger charge is 2.13. The monoisotopic (exact) mass is 340 g/mol. The Morgan fingerprint density at radius 3 is 2.75 bits per heavy atom. The fourth-order valence-electron chi connectivity index (χ4n) is 2.29. The van der Waals surface area contributed by atoms with Crippen LogP contribution in [0.15, 0.2) is 54.7 Å². The number of ether oxygens (including phenoxy) is 2. The first-order valence-electron chi connectivity index (χ1n) is 7.29. The van der Waals surface area contributed by atoms with Gasteiger partial charge in [0.1, 0.15) is 5.82 Å². The Kier molecular flexibility index (Phi) is 3.80. The van der Waals surface area contributed by atoms with Gasteiger partial charge < -0.3 is 20.1 Å². The standard InChI is InChI=1S/C17H13ClN4O2/c18-12-3-1-2-4-13(12)21-16-7-8-19-17(22-16)20-11-5-6-14-15(9-11)24-10-23-14/h1-9H,10H2,(H2,19,20,21,22). The molecule has 0 radical (unpaired) electrons. The van der Waals surface area contributed by atoms with Gasteiger partial charge in [-0.05, 0) is 30.3 Å². The molecule has 0 amide bonds. The average Bonchev–Trinajstić information content (AvgIpc) is 3.05. The molecule has 0 atom stereocenters. The van der Waals surface area contributed by atoms with Gasteiger partial charge in [-0.3, -0.25) is 0 Å². The molecule has 0 saturated heterocycles. The maximum Gasteiger partial charge on any atom is 0.231 e.